The number of carbonyl (C=O) groups is 1. The quantitative estimate of drug-likeness (QED) is 0.338. The topological polar surface area (TPSA) is 81.3 Å². The SMILES string of the molecule is CC(OC(=O)Nc1ccc(-c2c(-c3ccn(C)n3)c3ccc(O)cc3n2C2CCC2)cc1)C1CC1. The van der Waals surface area contributed by atoms with Crippen LogP contribution in [0, 0.1) is 5.92 Å². The number of fused-ring (bicyclic) bond motifs is 1. The van der Waals surface area contributed by atoms with E-state index in [1.165, 1.54) is 6.42 Å². The van der Waals surface area contributed by atoms with Crippen molar-refractivity contribution in [2.75, 3.05) is 5.32 Å². The van der Waals surface area contributed by atoms with Gasteiger partial charge in [0, 0.05) is 42.0 Å². The first kappa shape index (κ1) is 21.8. The van der Waals surface area contributed by atoms with Crippen LogP contribution in [0.3, 0.4) is 0 Å². The molecule has 0 bridgehead atoms. The summed E-state index contributed by atoms with van der Waals surface area (Å²) in [6.45, 7) is 1.95. The molecule has 2 aliphatic carbocycles. The molecule has 2 N–H and O–H groups in total. The number of phenolic OH excluding ortho intramolecular Hbond substituents is 1. The molecular weight excluding hydrogens is 440 g/mol. The van der Waals surface area contributed by atoms with Crippen LogP contribution in [0.2, 0.25) is 0 Å². The number of nitrogens with zero attached hydrogens (tertiary/aromatic N) is 3. The van der Waals surface area contributed by atoms with Crippen molar-refractivity contribution >= 4 is 22.7 Å². The van der Waals surface area contributed by atoms with E-state index in [1.54, 1.807) is 6.07 Å². The Labute approximate surface area is 204 Å². The summed E-state index contributed by atoms with van der Waals surface area (Å²) in [6.07, 6.45) is 7.18. The minimum atomic E-state index is -0.412. The van der Waals surface area contributed by atoms with Crippen LogP contribution in [0.5, 0.6) is 5.75 Å². The predicted octanol–water partition coefficient (Wildman–Crippen LogP) is 6.49. The number of aromatic hydroxyl groups is 1. The lowest BCUT2D eigenvalue weighted by atomic mass is 9.92. The first-order valence-corrected chi connectivity index (χ1v) is 12.4. The van der Waals surface area contributed by atoms with Gasteiger partial charge in [-0.05, 0) is 80.8 Å². The van der Waals surface area contributed by atoms with Crippen LogP contribution in [0.1, 0.15) is 45.1 Å². The van der Waals surface area contributed by atoms with Crippen molar-refractivity contribution in [3.63, 3.8) is 0 Å². The Balaban J connectivity index is 1.41. The van der Waals surface area contributed by atoms with Crippen molar-refractivity contribution in [3.05, 3.63) is 54.7 Å². The maximum Gasteiger partial charge on any atom is 0.411 e. The minimum absolute atomic E-state index is 0.0511. The molecule has 7 heteroatoms. The molecule has 2 fully saturated rings. The number of aromatic nitrogens is 3. The van der Waals surface area contributed by atoms with Gasteiger partial charge in [0.05, 0.1) is 16.9 Å². The van der Waals surface area contributed by atoms with Gasteiger partial charge in [-0.25, -0.2) is 4.79 Å². The summed E-state index contributed by atoms with van der Waals surface area (Å²) in [7, 11) is 1.92. The van der Waals surface area contributed by atoms with E-state index >= 15 is 0 Å². The molecule has 4 aromatic rings. The number of carbonyl (C=O) groups excluding carboxylic acids is 1. The molecule has 2 heterocycles. The molecule has 180 valence electrons. The highest BCUT2D eigenvalue weighted by atomic mass is 16.6. The van der Waals surface area contributed by atoms with E-state index in [1.807, 2.05) is 67.3 Å². The first-order chi connectivity index (χ1) is 17.0. The third kappa shape index (κ3) is 4.05. The summed E-state index contributed by atoms with van der Waals surface area (Å²) in [5.74, 6) is 0.759. The molecule has 1 unspecified atom stereocenters. The summed E-state index contributed by atoms with van der Waals surface area (Å²) in [5, 5.41) is 19.0. The molecule has 2 saturated carbocycles. The Kier molecular flexibility index (Phi) is 5.28. The second-order valence-electron chi connectivity index (χ2n) is 9.90. The molecule has 7 nitrogen and oxygen atoms in total. The Morgan fingerprint density at radius 2 is 1.89 bits per heavy atom. The highest BCUT2D eigenvalue weighted by Crippen LogP contribution is 2.47. The van der Waals surface area contributed by atoms with E-state index in [0.29, 0.717) is 17.6 Å². The van der Waals surface area contributed by atoms with E-state index < -0.39 is 6.09 Å². The zero-order valence-corrected chi connectivity index (χ0v) is 20.1. The van der Waals surface area contributed by atoms with Crippen molar-refractivity contribution in [2.45, 2.75) is 51.2 Å². The van der Waals surface area contributed by atoms with Gasteiger partial charge in [-0.15, -0.1) is 0 Å². The average Bonchev–Trinajstić information content (AvgIpc) is 3.50. The van der Waals surface area contributed by atoms with Gasteiger partial charge >= 0.3 is 6.09 Å². The van der Waals surface area contributed by atoms with Crippen LogP contribution in [-0.2, 0) is 11.8 Å². The number of anilines is 1. The number of phenols is 1. The number of rotatable bonds is 6. The summed E-state index contributed by atoms with van der Waals surface area (Å²) >= 11 is 0. The molecule has 0 aliphatic heterocycles. The molecule has 0 saturated heterocycles. The van der Waals surface area contributed by atoms with Crippen molar-refractivity contribution in [2.24, 2.45) is 13.0 Å². The maximum absolute atomic E-state index is 12.3. The fourth-order valence-electron chi connectivity index (χ4n) is 5.10. The average molecular weight is 471 g/mol. The van der Waals surface area contributed by atoms with Crippen LogP contribution in [-0.4, -0.2) is 31.7 Å². The van der Waals surface area contributed by atoms with E-state index in [2.05, 4.69) is 9.88 Å². The lowest BCUT2D eigenvalue weighted by molar-refractivity contribution is 0.108. The Morgan fingerprint density at radius 3 is 2.51 bits per heavy atom. The second-order valence-corrected chi connectivity index (χ2v) is 9.90. The predicted molar refractivity (Wildman–Crippen MR) is 136 cm³/mol. The van der Waals surface area contributed by atoms with Crippen molar-refractivity contribution in [1.82, 2.24) is 14.3 Å². The summed E-state index contributed by atoms with van der Waals surface area (Å²) in [6, 6.07) is 15.9. The highest BCUT2D eigenvalue weighted by molar-refractivity contribution is 6.04. The number of ether oxygens (including phenoxy) is 1. The molecule has 0 radical (unpaired) electrons. The van der Waals surface area contributed by atoms with Crippen molar-refractivity contribution in [1.29, 1.82) is 0 Å². The molecule has 35 heavy (non-hydrogen) atoms. The van der Waals surface area contributed by atoms with Gasteiger partial charge in [-0.1, -0.05) is 12.1 Å². The largest absolute Gasteiger partial charge is 0.508 e. The molecule has 2 aromatic heterocycles. The number of amides is 1. The van der Waals surface area contributed by atoms with Gasteiger partial charge in [0.25, 0.3) is 0 Å². The third-order valence-corrected chi connectivity index (χ3v) is 7.38. The van der Waals surface area contributed by atoms with Crippen LogP contribution in [0.4, 0.5) is 10.5 Å². The Bertz CT molecular complexity index is 1390. The molecule has 0 spiro atoms. The van der Waals surface area contributed by atoms with E-state index in [-0.39, 0.29) is 11.9 Å². The lowest BCUT2D eigenvalue weighted by Crippen LogP contribution is -2.21. The fraction of sp³-hybridized carbons (Fsp3) is 0.357. The molecule has 1 atom stereocenters. The van der Waals surface area contributed by atoms with Gasteiger partial charge in [-0.2, -0.15) is 5.10 Å². The number of nitrogens with one attached hydrogen (secondary N) is 1. The van der Waals surface area contributed by atoms with Crippen molar-refractivity contribution in [3.8, 4) is 28.3 Å². The monoisotopic (exact) mass is 470 g/mol. The van der Waals surface area contributed by atoms with Crippen LogP contribution < -0.4 is 5.32 Å². The van der Waals surface area contributed by atoms with Gasteiger partial charge in [0.2, 0.25) is 0 Å². The van der Waals surface area contributed by atoms with Gasteiger partial charge in [0.15, 0.2) is 0 Å². The normalized spacial score (nSPS) is 16.7. The number of benzene rings is 2. The number of hydrogen-bond donors (Lipinski definition) is 2. The van der Waals surface area contributed by atoms with E-state index in [4.69, 9.17) is 9.84 Å². The Hall–Kier alpha value is -3.74. The summed E-state index contributed by atoms with van der Waals surface area (Å²) in [4.78, 5) is 12.3. The van der Waals surface area contributed by atoms with Gasteiger partial charge < -0.3 is 14.4 Å². The maximum atomic E-state index is 12.3. The van der Waals surface area contributed by atoms with E-state index in [9.17, 15) is 9.90 Å². The first-order valence-electron chi connectivity index (χ1n) is 12.4. The number of aryl methyl sites for hydroxylation is 1. The van der Waals surface area contributed by atoms with Gasteiger partial charge in [0.1, 0.15) is 11.9 Å². The minimum Gasteiger partial charge on any atom is -0.508 e. The molecule has 1 amide bonds. The smallest absolute Gasteiger partial charge is 0.411 e. The zero-order valence-electron chi connectivity index (χ0n) is 20.1. The molecular formula is C28H30N4O3. The van der Waals surface area contributed by atoms with Crippen LogP contribution in [0.15, 0.2) is 54.7 Å². The summed E-state index contributed by atoms with van der Waals surface area (Å²) < 4.78 is 9.69. The van der Waals surface area contributed by atoms with Crippen LogP contribution in [0.25, 0.3) is 33.4 Å². The third-order valence-electron chi connectivity index (χ3n) is 7.38. The highest BCUT2D eigenvalue weighted by Gasteiger charge is 2.31. The van der Waals surface area contributed by atoms with Crippen molar-refractivity contribution < 1.29 is 14.6 Å². The standard InChI is InChI=1S/C28H30N4O3/c1-17(18-6-7-18)35-28(34)29-20-10-8-19(9-11-20)27-26(24-14-15-31(2)30-24)23-13-12-22(33)16-25(23)32(27)21-4-3-5-21/h8-18,21,33H,3-7H2,1-2H3,(H,29,34). The van der Waals surface area contributed by atoms with E-state index in [0.717, 1.165) is 59.1 Å². The van der Waals surface area contributed by atoms with Crippen LogP contribution >= 0.6 is 0 Å². The summed E-state index contributed by atoms with van der Waals surface area (Å²) in [5.41, 5.74) is 5.81. The number of hydrogen-bond acceptors (Lipinski definition) is 4. The Morgan fingerprint density at radius 1 is 1.11 bits per heavy atom. The second kappa shape index (κ2) is 8.48. The van der Waals surface area contributed by atoms with Gasteiger partial charge in [-0.3, -0.25) is 10.00 Å². The molecule has 2 aromatic carbocycles. The molecule has 6 rings (SSSR count). The zero-order chi connectivity index (χ0) is 24.1. The fourth-order valence-corrected chi connectivity index (χ4v) is 5.10. The molecule has 2 aliphatic rings. The lowest BCUT2D eigenvalue weighted by Gasteiger charge is -2.30.